The maximum atomic E-state index is 2.28. The van der Waals surface area contributed by atoms with E-state index in [9.17, 15) is 0 Å². The lowest BCUT2D eigenvalue weighted by atomic mass is 10.0. The van der Waals surface area contributed by atoms with Gasteiger partial charge < -0.3 is 4.57 Å². The standard InChI is InChI=1S/C13H17N/c1-9(2)12-7-5-6-11-8-10(3)14(4)13(11)12/h5-9H,1-4H3. The number of aromatic nitrogens is 1. The van der Waals surface area contributed by atoms with Gasteiger partial charge in [0.2, 0.25) is 0 Å². The van der Waals surface area contributed by atoms with Crippen LogP contribution in [0.3, 0.4) is 0 Å². The molecule has 0 N–H and O–H groups in total. The van der Waals surface area contributed by atoms with Crippen LogP contribution in [0.15, 0.2) is 24.3 Å². The average Bonchev–Trinajstić information content (AvgIpc) is 2.43. The second kappa shape index (κ2) is 3.16. The van der Waals surface area contributed by atoms with Gasteiger partial charge in [0.15, 0.2) is 0 Å². The fraction of sp³-hybridized carbons (Fsp3) is 0.385. The summed E-state index contributed by atoms with van der Waals surface area (Å²) in [5.41, 5.74) is 4.16. The van der Waals surface area contributed by atoms with Gasteiger partial charge in [-0.2, -0.15) is 0 Å². The van der Waals surface area contributed by atoms with Gasteiger partial charge in [-0.25, -0.2) is 0 Å². The highest BCUT2D eigenvalue weighted by molar-refractivity contribution is 5.84. The Hall–Kier alpha value is -1.24. The van der Waals surface area contributed by atoms with Gasteiger partial charge in [-0.3, -0.25) is 0 Å². The summed E-state index contributed by atoms with van der Waals surface area (Å²) in [6, 6.07) is 8.82. The Labute approximate surface area is 85.4 Å². The maximum absolute atomic E-state index is 2.28. The van der Waals surface area contributed by atoms with E-state index in [-0.39, 0.29) is 0 Å². The third kappa shape index (κ3) is 1.24. The van der Waals surface area contributed by atoms with E-state index < -0.39 is 0 Å². The number of hydrogen-bond acceptors (Lipinski definition) is 0. The third-order valence-electron chi connectivity index (χ3n) is 2.95. The van der Waals surface area contributed by atoms with Crippen LogP contribution in [-0.4, -0.2) is 4.57 Å². The van der Waals surface area contributed by atoms with E-state index in [1.54, 1.807) is 0 Å². The summed E-state index contributed by atoms with van der Waals surface area (Å²) < 4.78 is 2.28. The number of para-hydroxylation sites is 1. The molecule has 0 saturated carbocycles. The van der Waals surface area contributed by atoms with Crippen LogP contribution in [0, 0.1) is 6.92 Å². The molecule has 0 bridgehead atoms. The molecule has 1 aromatic heterocycles. The Morgan fingerprint density at radius 1 is 1.21 bits per heavy atom. The molecule has 0 amide bonds. The first-order valence-electron chi connectivity index (χ1n) is 5.16. The first-order valence-corrected chi connectivity index (χ1v) is 5.16. The molecule has 2 rings (SSSR count). The molecule has 0 unspecified atom stereocenters. The summed E-state index contributed by atoms with van der Waals surface area (Å²) in [5, 5.41) is 1.36. The molecule has 1 nitrogen and oxygen atoms in total. The molecule has 1 aromatic carbocycles. The molecule has 0 aliphatic rings. The minimum absolute atomic E-state index is 0.590. The van der Waals surface area contributed by atoms with Gasteiger partial charge in [0.1, 0.15) is 0 Å². The average molecular weight is 187 g/mol. The van der Waals surface area contributed by atoms with Crippen LogP contribution in [0.1, 0.15) is 31.0 Å². The lowest BCUT2D eigenvalue weighted by molar-refractivity contribution is 0.848. The van der Waals surface area contributed by atoms with Gasteiger partial charge >= 0.3 is 0 Å². The Morgan fingerprint density at radius 3 is 2.57 bits per heavy atom. The predicted octanol–water partition coefficient (Wildman–Crippen LogP) is 3.61. The van der Waals surface area contributed by atoms with Gasteiger partial charge in [0.05, 0.1) is 5.52 Å². The van der Waals surface area contributed by atoms with E-state index in [4.69, 9.17) is 0 Å². The highest BCUT2D eigenvalue weighted by Gasteiger charge is 2.09. The molecule has 0 saturated heterocycles. The molecule has 0 atom stereocenters. The molecule has 0 fully saturated rings. The van der Waals surface area contributed by atoms with Crippen molar-refractivity contribution in [1.82, 2.24) is 4.57 Å². The highest BCUT2D eigenvalue weighted by Crippen LogP contribution is 2.27. The van der Waals surface area contributed by atoms with Crippen LogP contribution < -0.4 is 0 Å². The predicted molar refractivity (Wildman–Crippen MR) is 61.7 cm³/mol. The SMILES string of the molecule is Cc1cc2cccc(C(C)C)c2n1C. The van der Waals surface area contributed by atoms with Crippen molar-refractivity contribution in [2.45, 2.75) is 26.7 Å². The lowest BCUT2D eigenvalue weighted by Gasteiger charge is -2.09. The van der Waals surface area contributed by atoms with Crippen molar-refractivity contribution in [2.24, 2.45) is 7.05 Å². The number of benzene rings is 1. The molecular weight excluding hydrogens is 170 g/mol. The Kier molecular flexibility index (Phi) is 2.10. The van der Waals surface area contributed by atoms with Crippen molar-refractivity contribution in [3.05, 3.63) is 35.5 Å². The molecule has 0 spiro atoms. The number of rotatable bonds is 1. The number of fused-ring (bicyclic) bond motifs is 1. The van der Waals surface area contributed by atoms with Crippen LogP contribution in [0.25, 0.3) is 10.9 Å². The summed E-state index contributed by atoms with van der Waals surface area (Å²) in [6.45, 7) is 6.65. The molecule has 1 heteroatoms. The van der Waals surface area contributed by atoms with Crippen LogP contribution in [-0.2, 0) is 7.05 Å². The quantitative estimate of drug-likeness (QED) is 0.642. The van der Waals surface area contributed by atoms with Gasteiger partial charge in [0, 0.05) is 18.1 Å². The summed E-state index contributed by atoms with van der Waals surface area (Å²) in [4.78, 5) is 0. The second-order valence-electron chi connectivity index (χ2n) is 4.28. The van der Waals surface area contributed by atoms with Crippen molar-refractivity contribution in [3.8, 4) is 0 Å². The molecule has 2 aromatic rings. The molecular formula is C13H17N. The number of nitrogens with zero attached hydrogens (tertiary/aromatic N) is 1. The fourth-order valence-electron chi connectivity index (χ4n) is 2.05. The zero-order valence-corrected chi connectivity index (χ0v) is 9.33. The van der Waals surface area contributed by atoms with E-state index in [2.05, 4.69) is 56.7 Å². The first kappa shape index (κ1) is 9.32. The van der Waals surface area contributed by atoms with Gasteiger partial charge in [-0.05, 0) is 24.5 Å². The number of hydrogen-bond donors (Lipinski definition) is 0. The van der Waals surface area contributed by atoms with E-state index in [0.717, 1.165) is 0 Å². The molecule has 0 radical (unpaired) electrons. The van der Waals surface area contributed by atoms with Crippen molar-refractivity contribution in [3.63, 3.8) is 0 Å². The van der Waals surface area contributed by atoms with Crippen LogP contribution in [0.4, 0.5) is 0 Å². The minimum atomic E-state index is 0.590. The summed E-state index contributed by atoms with van der Waals surface area (Å²) >= 11 is 0. The Balaban J connectivity index is 2.84. The second-order valence-corrected chi connectivity index (χ2v) is 4.28. The van der Waals surface area contributed by atoms with E-state index in [1.165, 1.54) is 22.2 Å². The van der Waals surface area contributed by atoms with Gasteiger partial charge in [-0.15, -0.1) is 0 Å². The van der Waals surface area contributed by atoms with Crippen LogP contribution in [0.2, 0.25) is 0 Å². The Morgan fingerprint density at radius 2 is 1.93 bits per heavy atom. The summed E-state index contributed by atoms with van der Waals surface area (Å²) in [7, 11) is 2.14. The van der Waals surface area contributed by atoms with Crippen molar-refractivity contribution >= 4 is 10.9 Å². The molecule has 0 aliphatic carbocycles. The van der Waals surface area contributed by atoms with Crippen LogP contribution in [0.5, 0.6) is 0 Å². The monoisotopic (exact) mass is 187 g/mol. The highest BCUT2D eigenvalue weighted by atomic mass is 14.9. The summed E-state index contributed by atoms with van der Waals surface area (Å²) in [6.07, 6.45) is 0. The molecule has 14 heavy (non-hydrogen) atoms. The van der Waals surface area contributed by atoms with E-state index in [0.29, 0.717) is 5.92 Å². The van der Waals surface area contributed by atoms with E-state index in [1.807, 2.05) is 0 Å². The van der Waals surface area contributed by atoms with Crippen molar-refractivity contribution in [1.29, 1.82) is 0 Å². The van der Waals surface area contributed by atoms with Crippen molar-refractivity contribution in [2.75, 3.05) is 0 Å². The molecule has 1 heterocycles. The zero-order chi connectivity index (χ0) is 10.3. The van der Waals surface area contributed by atoms with E-state index >= 15 is 0 Å². The normalized spacial score (nSPS) is 11.5. The topological polar surface area (TPSA) is 4.93 Å². The largest absolute Gasteiger partial charge is 0.348 e. The Bertz CT molecular complexity index is 463. The molecule has 74 valence electrons. The fourth-order valence-corrected chi connectivity index (χ4v) is 2.05. The van der Waals surface area contributed by atoms with Crippen molar-refractivity contribution < 1.29 is 0 Å². The van der Waals surface area contributed by atoms with Gasteiger partial charge in [-0.1, -0.05) is 32.0 Å². The van der Waals surface area contributed by atoms with Crippen LogP contribution >= 0.6 is 0 Å². The van der Waals surface area contributed by atoms with Gasteiger partial charge in [0.25, 0.3) is 0 Å². The minimum Gasteiger partial charge on any atom is -0.348 e. The molecule has 0 aliphatic heterocycles. The third-order valence-corrected chi connectivity index (χ3v) is 2.95. The smallest absolute Gasteiger partial charge is 0.0514 e. The zero-order valence-electron chi connectivity index (χ0n) is 9.33. The summed E-state index contributed by atoms with van der Waals surface area (Å²) in [5.74, 6) is 0.590. The maximum Gasteiger partial charge on any atom is 0.0514 e. The number of aryl methyl sites for hydroxylation is 2. The lowest BCUT2D eigenvalue weighted by Crippen LogP contribution is -1.95. The first-order chi connectivity index (χ1) is 6.61.